The van der Waals surface area contributed by atoms with Crippen molar-refractivity contribution in [1.29, 1.82) is 0 Å². The van der Waals surface area contributed by atoms with Gasteiger partial charge in [-0.1, -0.05) is 12.1 Å². The highest BCUT2D eigenvalue weighted by molar-refractivity contribution is 7.98. The van der Waals surface area contributed by atoms with Crippen LogP contribution in [0.2, 0.25) is 0 Å². The highest BCUT2D eigenvalue weighted by atomic mass is 32.2. The van der Waals surface area contributed by atoms with Crippen molar-refractivity contribution in [2.75, 3.05) is 24.0 Å². The molecule has 1 aromatic rings. The maximum Gasteiger partial charge on any atom is 0.326 e. The number of nitrogens with two attached hydrogens (primary N) is 1. The van der Waals surface area contributed by atoms with Crippen LogP contribution in [0.3, 0.4) is 0 Å². The number of carbonyl (C=O) groups excluding carboxylic acids is 3. The lowest BCUT2D eigenvalue weighted by Crippen LogP contribution is -2.57. The van der Waals surface area contributed by atoms with Crippen molar-refractivity contribution < 1.29 is 39.3 Å². The molecule has 0 saturated heterocycles. The van der Waals surface area contributed by atoms with Gasteiger partial charge in [0.25, 0.3) is 0 Å². The van der Waals surface area contributed by atoms with Crippen LogP contribution >= 0.6 is 23.5 Å². The number of carboxylic acids is 2. The van der Waals surface area contributed by atoms with Gasteiger partial charge in [-0.05, 0) is 61.0 Å². The molecule has 0 aliphatic carbocycles. The molecular weight excluding hydrogens is 536 g/mol. The van der Waals surface area contributed by atoms with E-state index in [1.54, 1.807) is 18.4 Å². The molecule has 1 aromatic carbocycles. The first-order chi connectivity index (χ1) is 18.0. The summed E-state index contributed by atoms with van der Waals surface area (Å²) in [4.78, 5) is 61.3. The summed E-state index contributed by atoms with van der Waals surface area (Å²) in [6.07, 6.45) is 3.49. The highest BCUT2D eigenvalue weighted by Crippen LogP contribution is 2.12. The number of phenols is 1. The molecule has 3 amide bonds. The fourth-order valence-electron chi connectivity index (χ4n) is 3.31. The summed E-state index contributed by atoms with van der Waals surface area (Å²) in [5.41, 5.74) is 6.59. The van der Waals surface area contributed by atoms with Crippen molar-refractivity contribution >= 4 is 53.2 Å². The van der Waals surface area contributed by atoms with Gasteiger partial charge in [-0.15, -0.1) is 0 Å². The fourth-order valence-corrected chi connectivity index (χ4v) is 4.27. The number of thioether (sulfide) groups is 2. The third-order valence-corrected chi connectivity index (χ3v) is 6.77. The number of amides is 3. The minimum atomic E-state index is -1.45. The predicted octanol–water partition coefficient (Wildman–Crippen LogP) is 0.172. The number of carboxylic acid groups (broad SMARTS) is 2. The number of carbonyl (C=O) groups is 5. The van der Waals surface area contributed by atoms with E-state index in [1.165, 1.54) is 35.7 Å². The van der Waals surface area contributed by atoms with Crippen molar-refractivity contribution in [2.24, 2.45) is 5.73 Å². The molecule has 0 aliphatic heterocycles. The summed E-state index contributed by atoms with van der Waals surface area (Å²) >= 11 is 2.93. The third-order valence-electron chi connectivity index (χ3n) is 5.48. The van der Waals surface area contributed by atoms with Crippen LogP contribution in [-0.2, 0) is 30.4 Å². The molecule has 0 bridgehead atoms. The number of benzene rings is 1. The number of aromatic hydroxyl groups is 1. The number of phenolic OH excluding ortho intramolecular Hbond substituents is 1. The molecule has 0 saturated carbocycles. The Labute approximate surface area is 229 Å². The van der Waals surface area contributed by atoms with Crippen molar-refractivity contribution in [1.82, 2.24) is 16.0 Å². The topological polar surface area (TPSA) is 208 Å². The molecule has 0 aromatic heterocycles. The number of rotatable bonds is 18. The van der Waals surface area contributed by atoms with Gasteiger partial charge >= 0.3 is 11.9 Å². The normalized spacial score (nSPS) is 14.0. The van der Waals surface area contributed by atoms with E-state index in [0.717, 1.165) is 0 Å². The number of aliphatic carboxylic acids is 2. The zero-order valence-corrected chi connectivity index (χ0v) is 23.0. The molecule has 12 nitrogen and oxygen atoms in total. The zero-order chi connectivity index (χ0) is 28.7. The standard InChI is InChI=1S/C24H36N4O8S2/c1-37-11-9-16(25)21(32)28-19(13-14-3-5-15(29)6-4-14)23(34)26-17(10-12-38-2)22(33)27-18(24(35)36)7-8-20(30)31/h3-6,16-19,29H,7-13,25H2,1-2H3,(H,26,34)(H,27,33)(H,28,32)(H,30,31)(H,35,36). The minimum Gasteiger partial charge on any atom is -0.508 e. The predicted molar refractivity (Wildman–Crippen MR) is 146 cm³/mol. The lowest BCUT2D eigenvalue weighted by atomic mass is 10.0. The molecule has 4 unspecified atom stereocenters. The smallest absolute Gasteiger partial charge is 0.326 e. The Morgan fingerprint density at radius 2 is 1.32 bits per heavy atom. The van der Waals surface area contributed by atoms with Gasteiger partial charge in [0.1, 0.15) is 23.9 Å². The summed E-state index contributed by atoms with van der Waals surface area (Å²) in [5.74, 6) is -3.47. The summed E-state index contributed by atoms with van der Waals surface area (Å²) in [6.45, 7) is 0. The van der Waals surface area contributed by atoms with Gasteiger partial charge in [0.2, 0.25) is 17.7 Å². The quantitative estimate of drug-likeness (QED) is 0.126. The number of hydrogen-bond acceptors (Lipinski definition) is 9. The molecule has 0 spiro atoms. The van der Waals surface area contributed by atoms with Gasteiger partial charge in [0.15, 0.2) is 0 Å². The van der Waals surface area contributed by atoms with Crippen molar-refractivity contribution in [3.8, 4) is 5.75 Å². The molecule has 14 heteroatoms. The van der Waals surface area contributed by atoms with E-state index in [9.17, 15) is 34.2 Å². The van der Waals surface area contributed by atoms with Crippen molar-refractivity contribution in [3.05, 3.63) is 29.8 Å². The Bertz CT molecular complexity index is 948. The second kappa shape index (κ2) is 17.5. The van der Waals surface area contributed by atoms with E-state index in [-0.39, 0.29) is 25.0 Å². The summed E-state index contributed by atoms with van der Waals surface area (Å²) in [5, 5.41) is 35.3. The summed E-state index contributed by atoms with van der Waals surface area (Å²) in [6, 6.07) is 1.52. The monoisotopic (exact) mass is 572 g/mol. The lowest BCUT2D eigenvalue weighted by molar-refractivity contribution is -0.143. The van der Waals surface area contributed by atoms with E-state index in [2.05, 4.69) is 16.0 Å². The molecule has 38 heavy (non-hydrogen) atoms. The molecular formula is C24H36N4O8S2. The maximum absolute atomic E-state index is 13.3. The second-order valence-electron chi connectivity index (χ2n) is 8.49. The van der Waals surface area contributed by atoms with Gasteiger partial charge < -0.3 is 37.0 Å². The molecule has 8 N–H and O–H groups in total. The van der Waals surface area contributed by atoms with E-state index in [1.807, 2.05) is 6.26 Å². The molecule has 212 valence electrons. The Balaban J connectivity index is 3.09. The van der Waals surface area contributed by atoms with Gasteiger partial charge in [-0.25, -0.2) is 4.79 Å². The third kappa shape index (κ3) is 12.5. The number of hydrogen-bond donors (Lipinski definition) is 7. The van der Waals surface area contributed by atoms with Crippen LogP contribution in [0.15, 0.2) is 24.3 Å². The Morgan fingerprint density at radius 3 is 1.87 bits per heavy atom. The average molecular weight is 573 g/mol. The zero-order valence-electron chi connectivity index (χ0n) is 21.3. The molecule has 0 aliphatic rings. The van der Waals surface area contributed by atoms with E-state index < -0.39 is 60.2 Å². The largest absolute Gasteiger partial charge is 0.508 e. The highest BCUT2D eigenvalue weighted by Gasteiger charge is 2.30. The van der Waals surface area contributed by atoms with Crippen LogP contribution in [-0.4, -0.2) is 93.2 Å². The van der Waals surface area contributed by atoms with Crippen molar-refractivity contribution in [3.63, 3.8) is 0 Å². The molecule has 0 radical (unpaired) electrons. The van der Waals surface area contributed by atoms with E-state index >= 15 is 0 Å². The molecule has 1 rings (SSSR count). The van der Waals surface area contributed by atoms with Crippen LogP contribution in [0, 0.1) is 0 Å². The van der Waals surface area contributed by atoms with Crippen molar-refractivity contribution in [2.45, 2.75) is 56.3 Å². The molecule has 0 fully saturated rings. The molecule has 4 atom stereocenters. The van der Waals surface area contributed by atoms with Gasteiger partial charge in [0.05, 0.1) is 6.04 Å². The first-order valence-electron chi connectivity index (χ1n) is 11.9. The first kappa shape index (κ1) is 33.1. The van der Waals surface area contributed by atoms with Crippen LogP contribution < -0.4 is 21.7 Å². The molecule has 0 heterocycles. The minimum absolute atomic E-state index is 0.0301. The van der Waals surface area contributed by atoms with Crippen LogP contribution in [0.4, 0.5) is 0 Å². The summed E-state index contributed by atoms with van der Waals surface area (Å²) < 4.78 is 0. The second-order valence-corrected chi connectivity index (χ2v) is 10.5. The van der Waals surface area contributed by atoms with Gasteiger partial charge in [-0.3, -0.25) is 19.2 Å². The van der Waals surface area contributed by atoms with Crippen LogP contribution in [0.25, 0.3) is 0 Å². The maximum atomic E-state index is 13.3. The fraction of sp³-hybridized carbons (Fsp3) is 0.542. The van der Waals surface area contributed by atoms with E-state index in [4.69, 9.17) is 10.8 Å². The van der Waals surface area contributed by atoms with Crippen LogP contribution in [0.5, 0.6) is 5.75 Å². The first-order valence-corrected chi connectivity index (χ1v) is 14.6. The average Bonchev–Trinajstić information content (AvgIpc) is 2.87. The Kier molecular flexibility index (Phi) is 15.2. The van der Waals surface area contributed by atoms with E-state index in [0.29, 0.717) is 23.5 Å². The lowest BCUT2D eigenvalue weighted by Gasteiger charge is -2.25. The van der Waals surface area contributed by atoms with Gasteiger partial charge in [0, 0.05) is 12.8 Å². The van der Waals surface area contributed by atoms with Crippen LogP contribution in [0.1, 0.15) is 31.2 Å². The SMILES string of the molecule is CSCCC(N)C(=O)NC(Cc1ccc(O)cc1)C(=O)NC(CCSC)C(=O)NC(CCC(=O)O)C(=O)O. The summed E-state index contributed by atoms with van der Waals surface area (Å²) in [7, 11) is 0. The Hall–Kier alpha value is -2.97. The number of nitrogens with one attached hydrogen (secondary N) is 3. The van der Waals surface area contributed by atoms with Gasteiger partial charge in [-0.2, -0.15) is 23.5 Å². The Morgan fingerprint density at radius 1 is 0.789 bits per heavy atom.